The fourth-order valence-electron chi connectivity index (χ4n) is 4.28. The summed E-state index contributed by atoms with van der Waals surface area (Å²) in [6.45, 7) is 16.2. The average molecular weight is 534 g/mol. The third-order valence-electron chi connectivity index (χ3n) is 7.75. The zero-order chi connectivity index (χ0) is 27.6. The summed E-state index contributed by atoms with van der Waals surface area (Å²) in [5, 5.41) is 21.2. The first-order valence-corrected chi connectivity index (χ1v) is 16.0. The molecule has 0 saturated carbocycles. The third kappa shape index (κ3) is 5.75. The summed E-state index contributed by atoms with van der Waals surface area (Å²) in [5.74, 6) is 1.28. The quantitative estimate of drug-likeness (QED) is 0.252. The number of aromatic nitrogens is 4. The molecule has 0 saturated heterocycles. The molecule has 1 atom stereocenters. The van der Waals surface area contributed by atoms with Gasteiger partial charge in [-0.15, -0.1) is 0 Å². The lowest BCUT2D eigenvalue weighted by Gasteiger charge is -2.39. The number of nitriles is 1. The highest BCUT2D eigenvalue weighted by molar-refractivity contribution is 6.74. The van der Waals surface area contributed by atoms with Crippen LogP contribution in [0.1, 0.15) is 45.2 Å². The van der Waals surface area contributed by atoms with E-state index >= 15 is 0 Å². The molecule has 2 aromatic heterocycles. The Morgan fingerprint density at radius 2 is 2.03 bits per heavy atom. The lowest BCUT2D eigenvalue weighted by molar-refractivity contribution is 0.189. The minimum absolute atomic E-state index is 0.126. The molecule has 0 spiro atoms. The van der Waals surface area contributed by atoms with Crippen molar-refractivity contribution < 1.29 is 9.16 Å². The van der Waals surface area contributed by atoms with Gasteiger partial charge in [0.1, 0.15) is 11.9 Å². The molecule has 38 heavy (non-hydrogen) atoms. The van der Waals surface area contributed by atoms with Crippen molar-refractivity contribution in [2.45, 2.75) is 64.2 Å². The maximum Gasteiger partial charge on any atom is 0.228 e. The van der Waals surface area contributed by atoms with Crippen molar-refractivity contribution in [3.8, 4) is 17.3 Å². The lowest BCUT2D eigenvalue weighted by atomic mass is 9.83. The van der Waals surface area contributed by atoms with Crippen LogP contribution in [0.3, 0.4) is 0 Å². The Balaban J connectivity index is 1.62. The fraction of sp³-hybridized carbons (Fsp3) is 0.500. The van der Waals surface area contributed by atoms with Gasteiger partial charge in [0, 0.05) is 56.7 Å². The van der Waals surface area contributed by atoms with Gasteiger partial charge < -0.3 is 19.8 Å². The summed E-state index contributed by atoms with van der Waals surface area (Å²) in [4.78, 5) is 9.20. The Bertz CT molecular complexity index is 1330. The molecular weight excluding hydrogens is 494 g/mol. The number of methoxy groups -OCH3 is 1. The first-order chi connectivity index (χ1) is 18.0. The van der Waals surface area contributed by atoms with Gasteiger partial charge in [0.2, 0.25) is 5.95 Å². The van der Waals surface area contributed by atoms with Crippen LogP contribution in [0.25, 0.3) is 11.3 Å². The zero-order valence-corrected chi connectivity index (χ0v) is 24.6. The van der Waals surface area contributed by atoms with E-state index < -0.39 is 8.32 Å². The number of nitrogens with zero attached hydrogens (tertiary/aromatic N) is 5. The highest BCUT2D eigenvalue weighted by Gasteiger charge is 2.42. The Morgan fingerprint density at radius 3 is 2.74 bits per heavy atom. The van der Waals surface area contributed by atoms with Crippen LogP contribution >= 0.6 is 0 Å². The SMILES string of the molecule is COCCCn1nccc1Nc1nccc(-c2cc(C#N)c3c(c2)[C@@](C)(CO[Si](C)(C)C(C)(C)C)CN3)n1. The van der Waals surface area contributed by atoms with Crippen LogP contribution in [0.2, 0.25) is 18.1 Å². The number of rotatable bonds is 10. The van der Waals surface area contributed by atoms with Crippen molar-refractivity contribution in [1.29, 1.82) is 5.26 Å². The van der Waals surface area contributed by atoms with E-state index in [0.717, 1.165) is 47.8 Å². The summed E-state index contributed by atoms with van der Waals surface area (Å²) >= 11 is 0. The van der Waals surface area contributed by atoms with Gasteiger partial charge in [-0.3, -0.25) is 0 Å². The summed E-state index contributed by atoms with van der Waals surface area (Å²) < 4.78 is 13.7. The van der Waals surface area contributed by atoms with Crippen molar-refractivity contribution in [1.82, 2.24) is 19.7 Å². The minimum atomic E-state index is -1.93. The van der Waals surface area contributed by atoms with E-state index in [1.165, 1.54) is 0 Å². The van der Waals surface area contributed by atoms with E-state index in [1.54, 1.807) is 19.5 Å². The Kier molecular flexibility index (Phi) is 7.92. The van der Waals surface area contributed by atoms with Crippen LogP contribution in [0, 0.1) is 11.3 Å². The maximum absolute atomic E-state index is 9.98. The number of fused-ring (bicyclic) bond motifs is 1. The smallest absolute Gasteiger partial charge is 0.228 e. The number of ether oxygens (including phenoxy) is 1. The van der Waals surface area contributed by atoms with Crippen LogP contribution in [0.15, 0.2) is 36.7 Å². The van der Waals surface area contributed by atoms with E-state index in [0.29, 0.717) is 24.7 Å². The number of anilines is 3. The first kappa shape index (κ1) is 27.8. The molecule has 9 nitrogen and oxygen atoms in total. The van der Waals surface area contributed by atoms with E-state index in [4.69, 9.17) is 14.1 Å². The zero-order valence-electron chi connectivity index (χ0n) is 23.6. The average Bonchev–Trinajstić information content (AvgIpc) is 3.46. The summed E-state index contributed by atoms with van der Waals surface area (Å²) in [6.07, 6.45) is 4.33. The molecule has 0 radical (unpaired) electrons. The van der Waals surface area contributed by atoms with E-state index in [-0.39, 0.29) is 10.5 Å². The second kappa shape index (κ2) is 10.8. The topological polar surface area (TPSA) is 110 Å². The van der Waals surface area contributed by atoms with Crippen LogP contribution in [0.5, 0.6) is 0 Å². The van der Waals surface area contributed by atoms with Crippen LogP contribution in [-0.4, -0.2) is 54.9 Å². The van der Waals surface area contributed by atoms with Crippen molar-refractivity contribution in [2.75, 3.05) is 37.5 Å². The van der Waals surface area contributed by atoms with Gasteiger partial charge in [0.25, 0.3) is 0 Å². The molecule has 3 aromatic rings. The largest absolute Gasteiger partial charge is 0.416 e. The third-order valence-corrected chi connectivity index (χ3v) is 12.2. The van der Waals surface area contributed by atoms with Gasteiger partial charge in [-0.25, -0.2) is 14.6 Å². The van der Waals surface area contributed by atoms with E-state index in [2.05, 4.69) is 73.6 Å². The first-order valence-electron chi connectivity index (χ1n) is 13.0. The highest BCUT2D eigenvalue weighted by Crippen LogP contribution is 2.44. The summed E-state index contributed by atoms with van der Waals surface area (Å²) in [5.41, 5.74) is 3.96. The van der Waals surface area contributed by atoms with Crippen molar-refractivity contribution in [3.63, 3.8) is 0 Å². The molecule has 10 heteroatoms. The predicted molar refractivity (Wildman–Crippen MR) is 153 cm³/mol. The minimum Gasteiger partial charge on any atom is -0.416 e. The van der Waals surface area contributed by atoms with Gasteiger partial charge in [-0.1, -0.05) is 27.7 Å². The summed E-state index contributed by atoms with van der Waals surface area (Å²) in [7, 11) is -0.237. The van der Waals surface area contributed by atoms with Crippen molar-refractivity contribution in [2.24, 2.45) is 0 Å². The van der Waals surface area contributed by atoms with Crippen molar-refractivity contribution in [3.05, 3.63) is 47.8 Å². The molecule has 3 heterocycles. The summed E-state index contributed by atoms with van der Waals surface area (Å²) in [6, 6.07) is 10.2. The fourth-order valence-corrected chi connectivity index (χ4v) is 5.39. The predicted octanol–water partition coefficient (Wildman–Crippen LogP) is 5.70. The second-order valence-electron chi connectivity index (χ2n) is 11.7. The van der Waals surface area contributed by atoms with Crippen molar-refractivity contribution >= 4 is 25.8 Å². The molecule has 1 aliphatic rings. The molecule has 0 amide bonds. The van der Waals surface area contributed by atoms with Crippen LogP contribution in [0.4, 0.5) is 17.5 Å². The van der Waals surface area contributed by atoms with Gasteiger partial charge >= 0.3 is 0 Å². The molecule has 2 N–H and O–H groups in total. The van der Waals surface area contributed by atoms with Gasteiger partial charge in [0.15, 0.2) is 8.32 Å². The number of benzene rings is 1. The van der Waals surface area contributed by atoms with Gasteiger partial charge in [-0.05, 0) is 48.3 Å². The number of hydrogen-bond acceptors (Lipinski definition) is 8. The molecule has 0 bridgehead atoms. The molecule has 0 aliphatic carbocycles. The van der Waals surface area contributed by atoms with Crippen LogP contribution in [-0.2, 0) is 21.1 Å². The molecule has 4 rings (SSSR count). The number of nitrogens with one attached hydrogen (secondary N) is 2. The van der Waals surface area contributed by atoms with E-state index in [1.807, 2.05) is 22.9 Å². The van der Waals surface area contributed by atoms with Crippen LogP contribution < -0.4 is 10.6 Å². The molecule has 1 aromatic carbocycles. The molecule has 0 fully saturated rings. The molecule has 202 valence electrons. The number of hydrogen-bond donors (Lipinski definition) is 2. The van der Waals surface area contributed by atoms with Gasteiger partial charge in [0.05, 0.1) is 23.1 Å². The Morgan fingerprint density at radius 1 is 1.24 bits per heavy atom. The second-order valence-corrected chi connectivity index (χ2v) is 16.5. The Labute approximate surface area is 226 Å². The lowest BCUT2D eigenvalue weighted by Crippen LogP contribution is -2.45. The standard InChI is InChI=1S/C28H39N7O2Si/c1-27(2,3)38(6,7)37-19-28(4)18-31-25-21(17-29)15-20(16-22(25)28)23-9-11-30-26(33-23)34-24-10-12-32-35(24)13-8-14-36-5/h9-12,15-16,31H,8,13-14,18-19H2,1-7H3,(H,30,33,34)/t28-/m1/s1. The highest BCUT2D eigenvalue weighted by atomic mass is 28.4. The maximum atomic E-state index is 9.98. The van der Waals surface area contributed by atoms with Gasteiger partial charge in [-0.2, -0.15) is 10.4 Å². The monoisotopic (exact) mass is 533 g/mol. The normalized spacial score (nSPS) is 17.1. The number of aryl methyl sites for hydroxylation is 1. The molecule has 0 unspecified atom stereocenters. The molecule has 1 aliphatic heterocycles. The molecular formula is C28H39N7O2Si. The van der Waals surface area contributed by atoms with E-state index in [9.17, 15) is 5.26 Å². The Hall–Kier alpha value is -3.26.